The van der Waals surface area contributed by atoms with E-state index in [0.717, 1.165) is 37.7 Å². The molecule has 0 aliphatic carbocycles. The lowest BCUT2D eigenvalue weighted by molar-refractivity contribution is 0.486. The monoisotopic (exact) mass is 168 g/mol. The Bertz CT molecular complexity index is 146. The van der Waals surface area contributed by atoms with E-state index in [1.165, 1.54) is 12.8 Å². The summed E-state index contributed by atoms with van der Waals surface area (Å²) in [6.07, 6.45) is 4.70. The molecule has 1 aliphatic rings. The normalized spacial score (nSPS) is 17.4. The van der Waals surface area contributed by atoms with Gasteiger partial charge in [-0.3, -0.25) is 5.41 Å². The molecule has 0 aromatic rings. The van der Waals surface area contributed by atoms with Crippen molar-refractivity contribution in [3.8, 4) is 0 Å². The summed E-state index contributed by atoms with van der Waals surface area (Å²) in [5, 5.41) is 7.81. The third-order valence-corrected chi connectivity index (χ3v) is 2.45. The molecular weight excluding hydrogens is 148 g/mol. The van der Waals surface area contributed by atoms with E-state index in [2.05, 4.69) is 18.7 Å². The molecule has 0 saturated carbocycles. The van der Waals surface area contributed by atoms with Gasteiger partial charge in [0.05, 0.1) is 5.84 Å². The van der Waals surface area contributed by atoms with Gasteiger partial charge in [0.1, 0.15) is 0 Å². The molecule has 0 unspecified atom stereocenters. The molecule has 0 aromatic carbocycles. The standard InChI is InChI=1S/C10H20N2/c1-9(2)5-6-10(11)12-7-3-4-8-12/h9,11H,3-8H2,1-2H3. The van der Waals surface area contributed by atoms with Gasteiger partial charge >= 0.3 is 0 Å². The van der Waals surface area contributed by atoms with Crippen molar-refractivity contribution in [2.24, 2.45) is 5.92 Å². The first-order chi connectivity index (χ1) is 5.70. The van der Waals surface area contributed by atoms with Gasteiger partial charge in [0, 0.05) is 19.5 Å². The van der Waals surface area contributed by atoms with E-state index >= 15 is 0 Å². The van der Waals surface area contributed by atoms with Crippen LogP contribution in [0.15, 0.2) is 0 Å². The van der Waals surface area contributed by atoms with Crippen molar-refractivity contribution in [2.45, 2.75) is 39.5 Å². The first-order valence-corrected chi connectivity index (χ1v) is 5.02. The highest BCUT2D eigenvalue weighted by molar-refractivity contribution is 5.79. The minimum atomic E-state index is 0.730. The van der Waals surface area contributed by atoms with Crippen LogP contribution in [0.3, 0.4) is 0 Å². The van der Waals surface area contributed by atoms with Gasteiger partial charge in [0.15, 0.2) is 0 Å². The molecule has 1 heterocycles. The Labute approximate surface area is 75.5 Å². The van der Waals surface area contributed by atoms with Crippen LogP contribution in [0, 0.1) is 11.3 Å². The van der Waals surface area contributed by atoms with E-state index in [1.807, 2.05) is 0 Å². The van der Waals surface area contributed by atoms with Crippen molar-refractivity contribution in [2.75, 3.05) is 13.1 Å². The van der Waals surface area contributed by atoms with Crippen LogP contribution in [0.25, 0.3) is 0 Å². The zero-order valence-corrected chi connectivity index (χ0v) is 8.27. The minimum Gasteiger partial charge on any atom is -0.361 e. The van der Waals surface area contributed by atoms with Gasteiger partial charge in [-0.15, -0.1) is 0 Å². The summed E-state index contributed by atoms with van der Waals surface area (Å²) in [7, 11) is 0. The number of amidine groups is 1. The van der Waals surface area contributed by atoms with Gasteiger partial charge in [0.2, 0.25) is 0 Å². The molecule has 2 nitrogen and oxygen atoms in total. The van der Waals surface area contributed by atoms with Crippen molar-refractivity contribution in [3.05, 3.63) is 0 Å². The van der Waals surface area contributed by atoms with Crippen molar-refractivity contribution in [3.63, 3.8) is 0 Å². The Morgan fingerprint density at radius 3 is 2.42 bits per heavy atom. The fourth-order valence-electron chi connectivity index (χ4n) is 1.57. The molecule has 1 N–H and O–H groups in total. The Hall–Kier alpha value is -0.530. The summed E-state index contributed by atoms with van der Waals surface area (Å²) in [6, 6.07) is 0. The number of hydrogen-bond donors (Lipinski definition) is 1. The lowest BCUT2D eigenvalue weighted by Crippen LogP contribution is -2.26. The topological polar surface area (TPSA) is 27.1 Å². The average molecular weight is 168 g/mol. The van der Waals surface area contributed by atoms with Gasteiger partial charge in [-0.05, 0) is 25.2 Å². The van der Waals surface area contributed by atoms with E-state index < -0.39 is 0 Å². The predicted molar refractivity (Wildman–Crippen MR) is 52.6 cm³/mol. The summed E-state index contributed by atoms with van der Waals surface area (Å²) in [5.41, 5.74) is 0. The van der Waals surface area contributed by atoms with E-state index in [-0.39, 0.29) is 0 Å². The Morgan fingerprint density at radius 1 is 1.33 bits per heavy atom. The highest BCUT2D eigenvalue weighted by Gasteiger charge is 2.14. The molecular formula is C10H20N2. The first-order valence-electron chi connectivity index (χ1n) is 5.02. The smallest absolute Gasteiger partial charge is 0.0957 e. The van der Waals surface area contributed by atoms with Gasteiger partial charge in [-0.25, -0.2) is 0 Å². The van der Waals surface area contributed by atoms with Crippen LogP contribution in [0.5, 0.6) is 0 Å². The lowest BCUT2D eigenvalue weighted by Gasteiger charge is -2.18. The summed E-state index contributed by atoms with van der Waals surface area (Å²) < 4.78 is 0. The van der Waals surface area contributed by atoms with Crippen molar-refractivity contribution in [1.82, 2.24) is 4.90 Å². The molecule has 1 saturated heterocycles. The molecule has 0 bridgehead atoms. The third kappa shape index (κ3) is 2.84. The fraction of sp³-hybridized carbons (Fsp3) is 0.900. The highest BCUT2D eigenvalue weighted by Crippen LogP contribution is 2.12. The fourth-order valence-corrected chi connectivity index (χ4v) is 1.57. The zero-order chi connectivity index (χ0) is 8.97. The van der Waals surface area contributed by atoms with Crippen LogP contribution in [-0.2, 0) is 0 Å². The Balaban J connectivity index is 2.18. The van der Waals surface area contributed by atoms with Gasteiger partial charge in [0.25, 0.3) is 0 Å². The van der Waals surface area contributed by atoms with Gasteiger partial charge in [-0.1, -0.05) is 13.8 Å². The molecule has 0 spiro atoms. The quantitative estimate of drug-likeness (QED) is 0.508. The van der Waals surface area contributed by atoms with Crippen LogP contribution in [0.1, 0.15) is 39.5 Å². The molecule has 0 atom stereocenters. The predicted octanol–water partition coefficient (Wildman–Crippen LogP) is 2.50. The Kier molecular flexibility index (Phi) is 3.57. The summed E-state index contributed by atoms with van der Waals surface area (Å²) in [6.45, 7) is 6.68. The molecule has 12 heavy (non-hydrogen) atoms. The number of hydrogen-bond acceptors (Lipinski definition) is 1. The molecule has 1 fully saturated rings. The van der Waals surface area contributed by atoms with E-state index in [1.54, 1.807) is 0 Å². The average Bonchev–Trinajstić information content (AvgIpc) is 2.51. The summed E-state index contributed by atoms with van der Waals surface area (Å²) >= 11 is 0. The maximum atomic E-state index is 7.81. The van der Waals surface area contributed by atoms with Crippen molar-refractivity contribution >= 4 is 5.84 Å². The van der Waals surface area contributed by atoms with Crippen LogP contribution in [0.4, 0.5) is 0 Å². The van der Waals surface area contributed by atoms with Crippen LogP contribution in [-0.4, -0.2) is 23.8 Å². The third-order valence-electron chi connectivity index (χ3n) is 2.45. The first kappa shape index (κ1) is 9.56. The van der Waals surface area contributed by atoms with Crippen molar-refractivity contribution in [1.29, 1.82) is 5.41 Å². The summed E-state index contributed by atoms with van der Waals surface area (Å²) in [4.78, 5) is 2.22. The molecule has 70 valence electrons. The highest BCUT2D eigenvalue weighted by atomic mass is 15.2. The van der Waals surface area contributed by atoms with Crippen LogP contribution < -0.4 is 0 Å². The lowest BCUT2D eigenvalue weighted by atomic mass is 10.1. The van der Waals surface area contributed by atoms with Crippen LogP contribution in [0.2, 0.25) is 0 Å². The SMILES string of the molecule is CC(C)CCC(=N)N1CCCC1. The second kappa shape index (κ2) is 4.48. The van der Waals surface area contributed by atoms with Crippen LogP contribution >= 0.6 is 0 Å². The minimum absolute atomic E-state index is 0.730. The number of rotatable bonds is 3. The number of nitrogens with one attached hydrogen (secondary N) is 1. The largest absolute Gasteiger partial charge is 0.361 e. The molecule has 2 heteroatoms. The Morgan fingerprint density at radius 2 is 1.92 bits per heavy atom. The van der Waals surface area contributed by atoms with Gasteiger partial charge < -0.3 is 4.90 Å². The second-order valence-electron chi connectivity index (χ2n) is 4.07. The second-order valence-corrected chi connectivity index (χ2v) is 4.07. The van der Waals surface area contributed by atoms with Crippen molar-refractivity contribution < 1.29 is 0 Å². The molecule has 1 rings (SSSR count). The summed E-state index contributed by atoms with van der Waals surface area (Å²) in [5.74, 6) is 1.59. The molecule has 0 radical (unpaired) electrons. The maximum absolute atomic E-state index is 7.81. The zero-order valence-electron chi connectivity index (χ0n) is 8.27. The van der Waals surface area contributed by atoms with E-state index in [4.69, 9.17) is 5.41 Å². The number of likely N-dealkylation sites (tertiary alicyclic amines) is 1. The maximum Gasteiger partial charge on any atom is 0.0957 e. The van der Waals surface area contributed by atoms with Gasteiger partial charge in [-0.2, -0.15) is 0 Å². The molecule has 0 aromatic heterocycles. The molecule has 1 aliphatic heterocycles. The molecule has 0 amide bonds. The van der Waals surface area contributed by atoms with E-state index in [9.17, 15) is 0 Å². The number of nitrogens with zero attached hydrogens (tertiary/aromatic N) is 1. The van der Waals surface area contributed by atoms with E-state index in [0.29, 0.717) is 0 Å².